The summed E-state index contributed by atoms with van der Waals surface area (Å²) in [4.78, 5) is 11.8. The molecule has 5 heteroatoms. The summed E-state index contributed by atoms with van der Waals surface area (Å²) < 4.78 is 13.5. The zero-order valence-electron chi connectivity index (χ0n) is 12.6. The van der Waals surface area contributed by atoms with E-state index in [0.29, 0.717) is 5.69 Å². The van der Waals surface area contributed by atoms with Crippen molar-refractivity contribution in [2.45, 2.75) is 20.0 Å². The molecule has 0 spiro atoms. The first-order valence-electron chi connectivity index (χ1n) is 7.02. The lowest BCUT2D eigenvalue weighted by molar-refractivity contribution is 0.170. The number of carbonyl (C=O) groups is 1. The molecule has 0 radical (unpaired) electrons. The number of hydrogen-bond donors (Lipinski definition) is 3. The van der Waals surface area contributed by atoms with Gasteiger partial charge in [-0.2, -0.15) is 0 Å². The van der Waals surface area contributed by atoms with Gasteiger partial charge in [0.05, 0.1) is 6.10 Å². The fourth-order valence-electron chi connectivity index (χ4n) is 2.17. The zero-order chi connectivity index (χ0) is 16.1. The van der Waals surface area contributed by atoms with Crippen molar-refractivity contribution >= 4 is 11.7 Å². The summed E-state index contributed by atoms with van der Waals surface area (Å²) in [6.07, 6.45) is -1.09. The van der Waals surface area contributed by atoms with E-state index in [9.17, 15) is 14.3 Å². The van der Waals surface area contributed by atoms with Crippen LogP contribution in [0, 0.1) is 19.7 Å². The predicted octanol–water partition coefficient (Wildman–Crippen LogP) is 3.30. The van der Waals surface area contributed by atoms with E-state index < -0.39 is 18.0 Å². The number of halogens is 1. The molecule has 2 rings (SSSR count). The molecule has 0 bridgehead atoms. The maximum atomic E-state index is 13.5. The highest BCUT2D eigenvalue weighted by atomic mass is 19.1. The van der Waals surface area contributed by atoms with Gasteiger partial charge in [-0.05, 0) is 31.5 Å². The average molecular weight is 302 g/mol. The molecule has 0 unspecified atom stereocenters. The van der Waals surface area contributed by atoms with Crippen molar-refractivity contribution in [2.75, 3.05) is 11.9 Å². The molecule has 0 aliphatic heterocycles. The number of aliphatic hydroxyl groups is 1. The Bertz CT molecular complexity index is 673. The van der Waals surface area contributed by atoms with Crippen molar-refractivity contribution in [2.24, 2.45) is 0 Å². The lowest BCUT2D eigenvalue weighted by Gasteiger charge is -2.14. The molecule has 0 aliphatic rings. The second kappa shape index (κ2) is 7.04. The number of aliphatic hydroxyl groups excluding tert-OH is 1. The lowest BCUT2D eigenvalue weighted by Crippen LogP contribution is -2.32. The van der Waals surface area contributed by atoms with Crippen LogP contribution in [-0.2, 0) is 0 Å². The molecule has 116 valence electrons. The first-order chi connectivity index (χ1) is 10.5. The maximum absolute atomic E-state index is 13.5. The number of rotatable bonds is 4. The van der Waals surface area contributed by atoms with Crippen LogP contribution in [0.3, 0.4) is 0 Å². The number of anilines is 1. The number of nitrogens with one attached hydrogen (secondary N) is 2. The quantitative estimate of drug-likeness (QED) is 0.811. The van der Waals surface area contributed by atoms with E-state index >= 15 is 0 Å². The van der Waals surface area contributed by atoms with E-state index in [1.807, 2.05) is 32.0 Å². The van der Waals surface area contributed by atoms with Crippen LogP contribution in [0.4, 0.5) is 14.9 Å². The Balaban J connectivity index is 1.91. The first kappa shape index (κ1) is 16.0. The van der Waals surface area contributed by atoms with Gasteiger partial charge >= 0.3 is 6.03 Å². The van der Waals surface area contributed by atoms with Gasteiger partial charge in [0.2, 0.25) is 0 Å². The molecule has 0 aliphatic carbocycles. The summed E-state index contributed by atoms with van der Waals surface area (Å²) in [5.41, 5.74) is 2.92. The van der Waals surface area contributed by atoms with Crippen LogP contribution in [0.5, 0.6) is 0 Å². The highest BCUT2D eigenvalue weighted by Crippen LogP contribution is 2.17. The molecule has 22 heavy (non-hydrogen) atoms. The van der Waals surface area contributed by atoms with Crippen LogP contribution >= 0.6 is 0 Å². The highest BCUT2D eigenvalue weighted by molar-refractivity contribution is 5.90. The van der Waals surface area contributed by atoms with Crippen LogP contribution in [0.15, 0.2) is 42.5 Å². The third-order valence-electron chi connectivity index (χ3n) is 3.35. The van der Waals surface area contributed by atoms with Gasteiger partial charge in [0, 0.05) is 17.8 Å². The molecular formula is C17H19FN2O2. The molecule has 2 aromatic carbocycles. The van der Waals surface area contributed by atoms with E-state index in [2.05, 4.69) is 10.6 Å². The van der Waals surface area contributed by atoms with Crippen LogP contribution in [0.25, 0.3) is 0 Å². The van der Waals surface area contributed by atoms with Crippen LogP contribution in [0.1, 0.15) is 22.8 Å². The van der Waals surface area contributed by atoms with E-state index in [1.165, 1.54) is 12.1 Å². The minimum atomic E-state index is -1.09. The van der Waals surface area contributed by atoms with Gasteiger partial charge in [0.25, 0.3) is 0 Å². The Morgan fingerprint density at radius 3 is 2.64 bits per heavy atom. The highest BCUT2D eigenvalue weighted by Gasteiger charge is 2.13. The second-order valence-electron chi connectivity index (χ2n) is 5.19. The number of aryl methyl sites for hydroxylation is 2. The Morgan fingerprint density at radius 2 is 1.95 bits per heavy atom. The van der Waals surface area contributed by atoms with Gasteiger partial charge in [0.15, 0.2) is 0 Å². The molecule has 2 amide bonds. The molecule has 1 atom stereocenters. The smallest absolute Gasteiger partial charge is 0.319 e. The van der Waals surface area contributed by atoms with E-state index in [1.54, 1.807) is 12.1 Å². The third-order valence-corrected chi connectivity index (χ3v) is 3.35. The minimum Gasteiger partial charge on any atom is -0.386 e. The fraction of sp³-hybridized carbons (Fsp3) is 0.235. The monoisotopic (exact) mass is 302 g/mol. The Morgan fingerprint density at radius 1 is 1.23 bits per heavy atom. The molecule has 0 saturated carbocycles. The molecular weight excluding hydrogens is 283 g/mol. The molecule has 0 heterocycles. The predicted molar refractivity (Wildman–Crippen MR) is 84.3 cm³/mol. The zero-order valence-corrected chi connectivity index (χ0v) is 12.6. The van der Waals surface area contributed by atoms with Gasteiger partial charge in [-0.3, -0.25) is 0 Å². The Hall–Kier alpha value is -2.40. The summed E-state index contributed by atoms with van der Waals surface area (Å²) in [5, 5.41) is 15.2. The number of amides is 2. The molecule has 0 fully saturated rings. The van der Waals surface area contributed by atoms with Crippen LogP contribution in [-0.4, -0.2) is 17.7 Å². The normalized spacial score (nSPS) is 11.8. The maximum Gasteiger partial charge on any atom is 0.319 e. The number of benzene rings is 2. The second-order valence-corrected chi connectivity index (χ2v) is 5.19. The summed E-state index contributed by atoms with van der Waals surface area (Å²) in [6, 6.07) is 11.2. The molecule has 0 saturated heterocycles. The van der Waals surface area contributed by atoms with Gasteiger partial charge in [0.1, 0.15) is 5.82 Å². The Kier molecular flexibility index (Phi) is 5.12. The lowest BCUT2D eigenvalue weighted by atomic mass is 10.1. The van der Waals surface area contributed by atoms with Crippen molar-refractivity contribution in [3.05, 3.63) is 65.0 Å². The van der Waals surface area contributed by atoms with Crippen molar-refractivity contribution in [3.8, 4) is 0 Å². The number of carbonyl (C=O) groups excluding carboxylic acids is 1. The summed E-state index contributed by atoms with van der Waals surface area (Å²) >= 11 is 0. The molecule has 3 N–H and O–H groups in total. The van der Waals surface area contributed by atoms with Gasteiger partial charge in [-0.1, -0.05) is 35.9 Å². The standard InChI is InChI=1S/C17H19FN2O2/c1-11-7-8-15(12(2)9-11)20-17(22)19-10-16(21)13-5-3-4-6-14(13)18/h3-9,16,21H,10H2,1-2H3,(H2,19,20,22)/t16-/m1/s1. The SMILES string of the molecule is Cc1ccc(NC(=O)NC[C@@H](O)c2ccccc2F)c(C)c1. The van der Waals surface area contributed by atoms with Crippen molar-refractivity contribution in [1.82, 2.24) is 5.32 Å². The molecule has 0 aromatic heterocycles. The number of urea groups is 1. The summed E-state index contributed by atoms with van der Waals surface area (Å²) in [7, 11) is 0. The fourth-order valence-corrected chi connectivity index (χ4v) is 2.17. The molecule has 2 aromatic rings. The summed E-state index contributed by atoms with van der Waals surface area (Å²) in [5.74, 6) is -0.494. The van der Waals surface area contributed by atoms with Gasteiger partial charge in [-0.15, -0.1) is 0 Å². The van der Waals surface area contributed by atoms with E-state index in [4.69, 9.17) is 0 Å². The largest absolute Gasteiger partial charge is 0.386 e. The van der Waals surface area contributed by atoms with E-state index in [0.717, 1.165) is 11.1 Å². The minimum absolute atomic E-state index is 0.0718. The average Bonchev–Trinajstić information content (AvgIpc) is 2.48. The molecule has 4 nitrogen and oxygen atoms in total. The van der Waals surface area contributed by atoms with E-state index in [-0.39, 0.29) is 12.1 Å². The van der Waals surface area contributed by atoms with Crippen LogP contribution < -0.4 is 10.6 Å². The number of hydrogen-bond acceptors (Lipinski definition) is 2. The Labute approximate surface area is 129 Å². The third kappa shape index (κ3) is 4.05. The van der Waals surface area contributed by atoms with Gasteiger partial charge in [-0.25, -0.2) is 9.18 Å². The van der Waals surface area contributed by atoms with Gasteiger partial charge < -0.3 is 15.7 Å². The van der Waals surface area contributed by atoms with Crippen molar-refractivity contribution < 1.29 is 14.3 Å². The van der Waals surface area contributed by atoms with Crippen molar-refractivity contribution in [3.63, 3.8) is 0 Å². The van der Waals surface area contributed by atoms with Crippen molar-refractivity contribution in [1.29, 1.82) is 0 Å². The topological polar surface area (TPSA) is 61.4 Å². The first-order valence-corrected chi connectivity index (χ1v) is 7.02. The summed E-state index contributed by atoms with van der Waals surface area (Å²) in [6.45, 7) is 3.80. The van der Waals surface area contributed by atoms with Crippen LogP contribution in [0.2, 0.25) is 0 Å².